The zero-order valence-corrected chi connectivity index (χ0v) is 12.9. The first-order valence-electron chi connectivity index (χ1n) is 6.38. The van der Waals surface area contributed by atoms with E-state index in [1.54, 1.807) is 36.7 Å². The van der Waals surface area contributed by atoms with Gasteiger partial charge in [0.2, 0.25) is 10.0 Å². The monoisotopic (exact) mass is 333 g/mol. The van der Waals surface area contributed by atoms with Crippen molar-refractivity contribution >= 4 is 21.6 Å². The third-order valence-corrected chi connectivity index (χ3v) is 4.39. The summed E-state index contributed by atoms with van der Waals surface area (Å²) in [4.78, 5) is 0.0173. The maximum atomic E-state index is 11.9. The van der Waals surface area contributed by atoms with Gasteiger partial charge in [-0.25, -0.2) is 18.2 Å². The smallest absolute Gasteiger partial charge is 0.240 e. The molecule has 0 aliphatic rings. The van der Waals surface area contributed by atoms with E-state index in [9.17, 15) is 8.42 Å². The van der Waals surface area contributed by atoms with Crippen molar-refractivity contribution in [1.82, 2.24) is 9.78 Å². The molecule has 3 rings (SSSR count). The van der Waals surface area contributed by atoms with Crippen LogP contribution in [0.4, 0.5) is 0 Å². The third kappa shape index (κ3) is 2.89. The summed E-state index contributed by atoms with van der Waals surface area (Å²) in [5, 5.41) is 10.0. The van der Waals surface area contributed by atoms with Crippen molar-refractivity contribution in [3.8, 4) is 16.8 Å². The predicted molar refractivity (Wildman–Crippen MR) is 85.4 cm³/mol. The molecule has 0 aliphatic heterocycles. The SMILES string of the molecule is NS(=O)(=O)c1cc(-c2ccc(Cl)cc2)ccc1-n1cccn1. The maximum Gasteiger partial charge on any atom is 0.240 e. The number of nitrogens with zero attached hydrogens (tertiary/aromatic N) is 2. The van der Waals surface area contributed by atoms with Gasteiger partial charge >= 0.3 is 0 Å². The van der Waals surface area contributed by atoms with E-state index in [0.717, 1.165) is 11.1 Å². The lowest BCUT2D eigenvalue weighted by Crippen LogP contribution is -2.15. The summed E-state index contributed by atoms with van der Waals surface area (Å²) in [5.41, 5.74) is 1.99. The Balaban J connectivity index is 2.19. The average molecular weight is 334 g/mol. The molecular formula is C15H12ClN3O2S. The Bertz CT molecular complexity index is 904. The Morgan fingerprint density at radius 3 is 2.32 bits per heavy atom. The predicted octanol–water partition coefficient (Wildman–Crippen LogP) is 2.84. The van der Waals surface area contributed by atoms with Crippen LogP contribution >= 0.6 is 11.6 Å². The number of rotatable bonds is 3. The van der Waals surface area contributed by atoms with Crippen LogP contribution in [0.1, 0.15) is 0 Å². The van der Waals surface area contributed by atoms with Crippen molar-refractivity contribution < 1.29 is 8.42 Å². The zero-order valence-electron chi connectivity index (χ0n) is 11.3. The molecule has 0 spiro atoms. The van der Waals surface area contributed by atoms with Gasteiger partial charge in [0, 0.05) is 17.4 Å². The number of hydrogen-bond donors (Lipinski definition) is 1. The fourth-order valence-electron chi connectivity index (χ4n) is 2.16. The molecule has 2 aromatic carbocycles. The van der Waals surface area contributed by atoms with Gasteiger partial charge in [-0.3, -0.25) is 0 Å². The summed E-state index contributed by atoms with van der Waals surface area (Å²) >= 11 is 5.87. The van der Waals surface area contributed by atoms with E-state index in [-0.39, 0.29) is 4.90 Å². The van der Waals surface area contributed by atoms with Crippen molar-refractivity contribution in [2.24, 2.45) is 5.14 Å². The highest BCUT2D eigenvalue weighted by Gasteiger charge is 2.17. The first-order valence-corrected chi connectivity index (χ1v) is 8.30. The van der Waals surface area contributed by atoms with Crippen LogP contribution in [0, 0.1) is 0 Å². The van der Waals surface area contributed by atoms with Gasteiger partial charge in [0.15, 0.2) is 0 Å². The van der Waals surface area contributed by atoms with E-state index in [2.05, 4.69) is 5.10 Å². The minimum atomic E-state index is -3.89. The minimum absolute atomic E-state index is 0.0173. The summed E-state index contributed by atoms with van der Waals surface area (Å²) in [6.45, 7) is 0. The Labute approximate surface area is 133 Å². The second-order valence-corrected chi connectivity index (χ2v) is 6.65. The highest BCUT2D eigenvalue weighted by molar-refractivity contribution is 7.89. The van der Waals surface area contributed by atoms with Crippen LogP contribution in [0.15, 0.2) is 65.8 Å². The molecule has 0 bridgehead atoms. The van der Waals surface area contributed by atoms with E-state index >= 15 is 0 Å². The number of primary sulfonamides is 1. The molecule has 3 aromatic rings. The van der Waals surface area contributed by atoms with Crippen molar-refractivity contribution in [3.63, 3.8) is 0 Å². The van der Waals surface area contributed by atoms with Crippen LogP contribution < -0.4 is 5.14 Å². The topological polar surface area (TPSA) is 78.0 Å². The summed E-state index contributed by atoms with van der Waals surface area (Å²) < 4.78 is 25.3. The van der Waals surface area contributed by atoms with Gasteiger partial charge in [-0.05, 0) is 41.5 Å². The molecule has 0 amide bonds. The Morgan fingerprint density at radius 1 is 1.05 bits per heavy atom. The third-order valence-electron chi connectivity index (χ3n) is 3.20. The van der Waals surface area contributed by atoms with E-state index in [1.165, 1.54) is 10.7 Å². The lowest BCUT2D eigenvalue weighted by atomic mass is 10.1. The second kappa shape index (κ2) is 5.57. The van der Waals surface area contributed by atoms with E-state index in [0.29, 0.717) is 10.7 Å². The Hall–Kier alpha value is -2.15. The first-order chi connectivity index (χ1) is 10.4. The van der Waals surface area contributed by atoms with Crippen LogP contribution in [-0.2, 0) is 10.0 Å². The van der Waals surface area contributed by atoms with Crippen LogP contribution in [-0.4, -0.2) is 18.2 Å². The number of nitrogens with two attached hydrogens (primary N) is 1. The Morgan fingerprint density at radius 2 is 1.73 bits per heavy atom. The molecular weight excluding hydrogens is 322 g/mol. The molecule has 0 saturated heterocycles. The van der Waals surface area contributed by atoms with Gasteiger partial charge in [-0.15, -0.1) is 0 Å². The van der Waals surface area contributed by atoms with Crippen molar-refractivity contribution in [1.29, 1.82) is 0 Å². The van der Waals surface area contributed by atoms with Crippen LogP contribution in [0.3, 0.4) is 0 Å². The van der Waals surface area contributed by atoms with E-state index in [4.69, 9.17) is 16.7 Å². The first kappa shape index (κ1) is 14.8. The standard InChI is InChI=1S/C15H12ClN3O2S/c16-13-5-2-11(3-6-13)12-4-7-14(19-9-1-8-18-19)15(10-12)22(17,20)21/h1-10H,(H2,17,20,21). The summed E-state index contributed by atoms with van der Waals surface area (Å²) in [5.74, 6) is 0. The molecule has 1 aromatic heterocycles. The highest BCUT2D eigenvalue weighted by Crippen LogP contribution is 2.27. The lowest BCUT2D eigenvalue weighted by molar-refractivity contribution is 0.596. The molecule has 0 fully saturated rings. The van der Waals surface area contributed by atoms with E-state index in [1.807, 2.05) is 18.2 Å². The van der Waals surface area contributed by atoms with Gasteiger partial charge in [-0.2, -0.15) is 5.10 Å². The molecule has 0 aliphatic carbocycles. The van der Waals surface area contributed by atoms with Gasteiger partial charge in [0.1, 0.15) is 4.90 Å². The number of benzene rings is 2. The lowest BCUT2D eigenvalue weighted by Gasteiger charge is -2.10. The fourth-order valence-corrected chi connectivity index (χ4v) is 3.03. The highest BCUT2D eigenvalue weighted by atomic mass is 35.5. The average Bonchev–Trinajstić information content (AvgIpc) is 3.01. The zero-order chi connectivity index (χ0) is 15.7. The second-order valence-electron chi connectivity index (χ2n) is 4.69. The van der Waals surface area contributed by atoms with Gasteiger partial charge in [0.25, 0.3) is 0 Å². The molecule has 0 atom stereocenters. The molecule has 0 unspecified atom stereocenters. The van der Waals surface area contributed by atoms with Crippen molar-refractivity contribution in [3.05, 3.63) is 65.9 Å². The van der Waals surface area contributed by atoms with Gasteiger partial charge in [0.05, 0.1) is 5.69 Å². The molecule has 7 heteroatoms. The summed E-state index contributed by atoms with van der Waals surface area (Å²) in [6.07, 6.45) is 3.23. The maximum absolute atomic E-state index is 11.9. The van der Waals surface area contributed by atoms with Crippen molar-refractivity contribution in [2.45, 2.75) is 4.90 Å². The van der Waals surface area contributed by atoms with Gasteiger partial charge < -0.3 is 0 Å². The van der Waals surface area contributed by atoms with Crippen LogP contribution in [0.2, 0.25) is 5.02 Å². The molecule has 0 saturated carbocycles. The number of halogens is 1. The van der Waals surface area contributed by atoms with Crippen molar-refractivity contribution in [2.75, 3.05) is 0 Å². The van der Waals surface area contributed by atoms with Crippen LogP contribution in [0.25, 0.3) is 16.8 Å². The molecule has 1 heterocycles. The summed E-state index contributed by atoms with van der Waals surface area (Å²) in [7, 11) is -3.89. The van der Waals surface area contributed by atoms with Crippen LogP contribution in [0.5, 0.6) is 0 Å². The normalized spacial score (nSPS) is 11.5. The summed E-state index contributed by atoms with van der Waals surface area (Å²) in [6, 6.07) is 13.9. The van der Waals surface area contributed by atoms with Gasteiger partial charge in [-0.1, -0.05) is 29.8 Å². The molecule has 22 heavy (non-hydrogen) atoms. The Kier molecular flexibility index (Phi) is 3.74. The molecule has 112 valence electrons. The number of hydrogen-bond acceptors (Lipinski definition) is 3. The molecule has 5 nitrogen and oxygen atoms in total. The van der Waals surface area contributed by atoms with E-state index < -0.39 is 10.0 Å². The number of aromatic nitrogens is 2. The largest absolute Gasteiger partial charge is 0.240 e. The quantitative estimate of drug-likeness (QED) is 0.800. The molecule has 2 N–H and O–H groups in total. The fraction of sp³-hybridized carbons (Fsp3) is 0. The minimum Gasteiger partial charge on any atom is -0.240 e. The molecule has 0 radical (unpaired) electrons. The number of sulfonamides is 1.